The van der Waals surface area contributed by atoms with Gasteiger partial charge in [0.25, 0.3) is 11.7 Å². The van der Waals surface area contributed by atoms with Gasteiger partial charge < -0.3 is 75.1 Å². The fourth-order valence-corrected chi connectivity index (χ4v) is 18.1. The molecule has 26 nitrogen and oxygen atoms in total. The van der Waals surface area contributed by atoms with E-state index in [1.165, 1.54) is 17.4 Å². The lowest BCUT2D eigenvalue weighted by atomic mass is 9.39. The van der Waals surface area contributed by atoms with Gasteiger partial charge in [-0.05, 0) is 172 Å². The Balaban J connectivity index is 0.668. The number of pyridine rings is 1. The number of fused-ring (bicyclic) bond motifs is 2. The zero-order chi connectivity index (χ0) is 68.6. The first kappa shape index (κ1) is 68.4. The lowest BCUT2D eigenvalue weighted by Gasteiger charge is -2.69. The number of nitrogens with two attached hydrogens (primary N) is 1. The third kappa shape index (κ3) is 15.1. The molecule has 7 aliphatic rings. The van der Waals surface area contributed by atoms with Crippen molar-refractivity contribution in [3.05, 3.63) is 142 Å². The molecule has 0 radical (unpaired) electrons. The van der Waals surface area contributed by atoms with Crippen LogP contribution in [0.2, 0.25) is 0 Å². The number of carboxylic acid groups (broad SMARTS) is 2. The number of aromatic nitrogens is 4. The van der Waals surface area contributed by atoms with E-state index in [1.807, 2.05) is 65.0 Å². The molecule has 3 aliphatic heterocycles. The summed E-state index contributed by atoms with van der Waals surface area (Å²) in [7, 11) is -4.26. The summed E-state index contributed by atoms with van der Waals surface area (Å²) in [5, 5.41) is 62.4. The quantitative estimate of drug-likeness (QED) is 0.0178. The molecule has 2 amide bonds. The van der Waals surface area contributed by atoms with Crippen molar-refractivity contribution in [3.63, 3.8) is 0 Å². The van der Waals surface area contributed by atoms with Gasteiger partial charge in [0.15, 0.2) is 10.8 Å². The molecule has 516 valence electrons. The normalized spacial score (nSPS) is 23.3. The number of amides is 2. The number of benzene rings is 3. The highest BCUT2D eigenvalue weighted by molar-refractivity contribution is 7.51. The molecule has 3 aromatic carbocycles. The summed E-state index contributed by atoms with van der Waals surface area (Å²) in [6, 6.07) is 22.0. The van der Waals surface area contributed by atoms with Gasteiger partial charge in [-0.2, -0.15) is 5.10 Å². The summed E-state index contributed by atoms with van der Waals surface area (Å²) >= 11 is 1.41. The molecule has 4 saturated carbocycles. The molecule has 6 heterocycles. The van der Waals surface area contributed by atoms with Crippen LogP contribution in [0.3, 0.4) is 0 Å². The van der Waals surface area contributed by atoms with Crippen molar-refractivity contribution in [1.29, 1.82) is 0 Å². The van der Waals surface area contributed by atoms with Crippen LogP contribution in [0.4, 0.5) is 21.4 Å². The van der Waals surface area contributed by atoms with Crippen LogP contribution in [0.15, 0.2) is 108 Å². The number of aliphatic hydroxyl groups is 3. The fourth-order valence-electron chi connectivity index (χ4n) is 16.7. The van der Waals surface area contributed by atoms with Crippen LogP contribution < -0.4 is 26.0 Å². The number of aliphatic carboxylic acids is 1. The van der Waals surface area contributed by atoms with Crippen LogP contribution in [0.5, 0.6) is 5.75 Å². The Bertz CT molecular complexity index is 4110. The summed E-state index contributed by atoms with van der Waals surface area (Å²) in [5.41, 5.74) is 11.3. The van der Waals surface area contributed by atoms with E-state index in [0.29, 0.717) is 130 Å². The number of hydrogen-bond donors (Lipinski definition) is 10. The average molecular weight is 1370 g/mol. The highest BCUT2D eigenvalue weighted by Gasteiger charge is 2.66. The van der Waals surface area contributed by atoms with Crippen LogP contribution in [-0.2, 0) is 43.1 Å². The first-order valence-electron chi connectivity index (χ1n) is 32.8. The van der Waals surface area contributed by atoms with E-state index < -0.39 is 60.6 Å². The predicted molar refractivity (Wildman–Crippen MR) is 363 cm³/mol. The molecule has 5 fully saturated rings. The number of aromatic carboxylic acids is 1. The van der Waals surface area contributed by atoms with Crippen molar-refractivity contribution in [3.8, 4) is 16.9 Å². The van der Waals surface area contributed by atoms with Crippen LogP contribution in [-0.4, -0.2) is 172 Å². The standard InChI is InChI=1S/C69H83N10O16PS/c1-42-48(46-16-18-54(74-55(46)61(84)85)78-25-19-44-11-6-12-47(49(44)34-78)60(83)75-64-73-50-13-4-5-14-53(50)97-64)33-72-79(42)41-68-36-66(2)35-67(3,37-68)39-69(38-66,40-68)93-30-28-76(24-9-31-96(89,90)91)45-20-26-77(27-21-45)65(88)92-29-7-10-43-15-17-52(51(32-43)71-23-8-22-70)94-63-58(82)56(80)57(81)59(95-63)62(86)87/h4-7,10-18,32-33,45,63,71,80-82H,8-9,19-31,34-41,70H2,1-3H3,(H,84,85)(H,86,87)(H,73,75,83)(H2,89,90,91)/b10-7+/t63-,66-,67?,68?,69?/m0/s1. The largest absolute Gasteiger partial charge is 0.503 e. The molecule has 28 heteroatoms. The Morgan fingerprint density at radius 3 is 2.38 bits per heavy atom. The van der Waals surface area contributed by atoms with Crippen LogP contribution in [0, 0.1) is 23.2 Å². The number of nitrogens with zero attached hydrogens (tertiary/aromatic N) is 7. The molecule has 4 bridgehead atoms. The Kier molecular flexibility index (Phi) is 19.6. The van der Waals surface area contributed by atoms with Crippen LogP contribution >= 0.6 is 18.9 Å². The summed E-state index contributed by atoms with van der Waals surface area (Å²) in [5.74, 6) is -6.70. The van der Waals surface area contributed by atoms with E-state index in [0.717, 1.165) is 65.6 Å². The van der Waals surface area contributed by atoms with E-state index in [1.54, 1.807) is 41.4 Å². The predicted octanol–water partition coefficient (Wildman–Crippen LogP) is 10.4. The molecule has 6 aromatic rings. The topological polar surface area (TPSA) is 367 Å². The maximum absolute atomic E-state index is 13.8. The monoisotopic (exact) mass is 1370 g/mol. The number of carbonyl (C=O) groups excluding carboxylic acids is 2. The minimum absolute atomic E-state index is 0.00223. The minimum atomic E-state index is -4.26. The van der Waals surface area contributed by atoms with Crippen molar-refractivity contribution in [2.45, 2.75) is 122 Å². The first-order valence-corrected chi connectivity index (χ1v) is 35.4. The van der Waals surface area contributed by atoms with E-state index in [2.05, 4.69) is 34.4 Å². The number of thiazole rings is 1. The van der Waals surface area contributed by atoms with Gasteiger partial charge in [-0.1, -0.05) is 61.6 Å². The number of para-hydroxylation sites is 1. The lowest BCUT2D eigenvalue weighted by molar-refractivity contribution is -0.249. The van der Waals surface area contributed by atoms with Gasteiger partial charge in [-0.3, -0.25) is 24.3 Å². The van der Waals surface area contributed by atoms with Gasteiger partial charge >= 0.3 is 31.9 Å². The van der Waals surface area contributed by atoms with Crippen molar-refractivity contribution >= 4 is 75.8 Å². The maximum atomic E-state index is 13.8. The van der Waals surface area contributed by atoms with Crippen molar-refractivity contribution in [1.82, 2.24) is 29.5 Å². The van der Waals surface area contributed by atoms with E-state index in [-0.39, 0.29) is 58.8 Å². The Labute approximate surface area is 564 Å². The van der Waals surface area contributed by atoms with Gasteiger partial charge in [-0.25, -0.2) is 24.4 Å². The fraction of sp³-hybridized carbons (Fsp3) is 0.464. The second-order valence-corrected chi connectivity index (χ2v) is 30.3. The Morgan fingerprint density at radius 1 is 0.876 bits per heavy atom. The number of carboxylic acids is 2. The molecular weight excluding hydrogens is 1290 g/mol. The molecule has 5 atom stereocenters. The van der Waals surface area contributed by atoms with Gasteiger partial charge in [-0.15, -0.1) is 0 Å². The Hall–Kier alpha value is -8.56. The summed E-state index contributed by atoms with van der Waals surface area (Å²) in [6.07, 6.45) is 11.0. The van der Waals surface area contributed by atoms with Gasteiger partial charge in [0.2, 0.25) is 17.3 Å². The zero-order valence-corrected chi connectivity index (χ0v) is 56.2. The number of ether oxygens (including phenoxy) is 4. The molecule has 4 aliphatic carbocycles. The number of hydrogen-bond acceptors (Lipinski definition) is 20. The third-order valence-corrected chi connectivity index (χ3v) is 21.6. The van der Waals surface area contributed by atoms with Crippen molar-refractivity contribution in [2.75, 3.05) is 80.7 Å². The van der Waals surface area contributed by atoms with Gasteiger partial charge in [0.05, 0.1) is 40.5 Å². The number of carbonyl (C=O) groups is 4. The number of aliphatic hydroxyl groups excluding tert-OH is 3. The number of likely N-dealkylation sites (tertiary alicyclic amines) is 1. The van der Waals surface area contributed by atoms with Crippen molar-refractivity contribution < 1.29 is 78.0 Å². The molecule has 3 unspecified atom stereocenters. The third-order valence-electron chi connectivity index (χ3n) is 19.8. The first-order chi connectivity index (χ1) is 46.3. The van der Waals surface area contributed by atoms with E-state index >= 15 is 0 Å². The molecule has 0 spiro atoms. The summed E-state index contributed by atoms with van der Waals surface area (Å²) in [4.78, 5) is 87.1. The summed E-state index contributed by atoms with van der Waals surface area (Å²) < 4.78 is 38.9. The van der Waals surface area contributed by atoms with E-state index in [9.17, 15) is 59.1 Å². The van der Waals surface area contributed by atoms with E-state index in [4.69, 9.17) is 34.8 Å². The molecule has 11 N–H and O–H groups in total. The summed E-state index contributed by atoms with van der Waals surface area (Å²) in [6.45, 7) is 11.2. The highest BCUT2D eigenvalue weighted by atomic mass is 32.1. The molecule has 1 saturated heterocycles. The van der Waals surface area contributed by atoms with Crippen molar-refractivity contribution in [2.24, 2.45) is 22.0 Å². The molecule has 13 rings (SSSR count). The average Bonchev–Trinajstić information content (AvgIpc) is 0.800. The van der Waals surface area contributed by atoms with Gasteiger partial charge in [0.1, 0.15) is 18.2 Å². The minimum Gasteiger partial charge on any atom is -0.503 e. The van der Waals surface area contributed by atoms with Gasteiger partial charge in [0, 0.05) is 74.2 Å². The molecule has 97 heavy (non-hydrogen) atoms. The SMILES string of the molecule is Cc1c(-c2ccc(N3CCc4cccc(C(=O)Nc5nc6ccccc6s5)c4C3)nc2C(=O)O)cnn1CC12CC3(C)CC(OCCN(CCCP(=O)(O)O)C4CCN(C(=O)OC/C=C/c5ccc(O[C@H]6OC(C(=O)O)=C(O)C(O)=C6O)c(NCCCN)c5)CC4)(C1)C[C@@](C)(C3)C2. The zero-order valence-electron chi connectivity index (χ0n) is 54.4. The van der Waals surface area contributed by atoms with Crippen LogP contribution in [0.25, 0.3) is 27.4 Å². The lowest BCUT2D eigenvalue weighted by Crippen LogP contribution is -2.64. The maximum Gasteiger partial charge on any atom is 0.410 e. The number of nitrogens with one attached hydrogen (secondary N) is 2. The number of rotatable bonds is 26. The highest BCUT2D eigenvalue weighted by Crippen LogP contribution is 2.72. The second-order valence-electron chi connectivity index (χ2n) is 27.5. The number of anilines is 3. The second kappa shape index (κ2) is 27.7. The molecule has 3 aromatic heterocycles. The number of piperidine rings is 1. The molecular formula is C69H83N10O16PS. The smallest absolute Gasteiger partial charge is 0.410 e. The van der Waals surface area contributed by atoms with Crippen LogP contribution in [0.1, 0.15) is 121 Å². The Morgan fingerprint density at radius 2 is 1.65 bits per heavy atom.